The molecule has 9 nitrogen and oxygen atoms in total. The van der Waals surface area contributed by atoms with Crippen molar-refractivity contribution in [2.24, 2.45) is 12.5 Å². The van der Waals surface area contributed by atoms with Crippen LogP contribution in [0.15, 0.2) is 65.5 Å². The van der Waals surface area contributed by atoms with Gasteiger partial charge in [-0.3, -0.25) is 14.8 Å². The Morgan fingerprint density at radius 3 is 2.55 bits per heavy atom. The lowest BCUT2D eigenvalue weighted by Gasteiger charge is -2.29. The third-order valence-corrected chi connectivity index (χ3v) is 9.13. The third kappa shape index (κ3) is 5.67. The lowest BCUT2D eigenvalue weighted by molar-refractivity contribution is -0.206. The first kappa shape index (κ1) is 32.3. The molecule has 0 bridgehead atoms. The first-order valence-corrected chi connectivity index (χ1v) is 15.0. The lowest BCUT2D eigenvalue weighted by atomic mass is 9.92. The molecule has 2 aromatic heterocycles. The van der Waals surface area contributed by atoms with E-state index in [1.807, 2.05) is 6.07 Å². The fourth-order valence-corrected chi connectivity index (χ4v) is 5.84. The van der Waals surface area contributed by atoms with Gasteiger partial charge in [0, 0.05) is 48.6 Å². The van der Waals surface area contributed by atoms with Gasteiger partial charge in [0.05, 0.1) is 38.9 Å². The number of anilines is 2. The van der Waals surface area contributed by atoms with E-state index in [1.54, 1.807) is 55.8 Å². The van der Waals surface area contributed by atoms with Gasteiger partial charge in [-0.2, -0.15) is 18.4 Å². The average molecular weight is 673 g/mol. The highest BCUT2D eigenvalue weighted by Crippen LogP contribution is 2.47. The quantitative estimate of drug-likeness (QED) is 0.145. The van der Waals surface area contributed by atoms with Gasteiger partial charge in [0.15, 0.2) is 0 Å². The van der Waals surface area contributed by atoms with Crippen molar-refractivity contribution in [3.05, 3.63) is 87.2 Å². The number of hydrazine groups is 2. The van der Waals surface area contributed by atoms with Crippen LogP contribution < -0.4 is 27.2 Å². The Morgan fingerprint density at radius 1 is 1.15 bits per heavy atom. The summed E-state index contributed by atoms with van der Waals surface area (Å²) in [7, 11) is 1.63. The molecular formula is C32H30ClF5N8O. The summed E-state index contributed by atoms with van der Waals surface area (Å²) in [5.74, 6) is 0. The number of aromatic nitrogens is 2. The lowest BCUT2D eigenvalue weighted by Crippen LogP contribution is -2.48. The van der Waals surface area contributed by atoms with Gasteiger partial charge >= 0.3 is 6.18 Å². The van der Waals surface area contributed by atoms with Crippen molar-refractivity contribution >= 4 is 44.7 Å². The van der Waals surface area contributed by atoms with Crippen LogP contribution in [0.3, 0.4) is 0 Å². The zero-order valence-corrected chi connectivity index (χ0v) is 26.2. The van der Waals surface area contributed by atoms with Crippen LogP contribution in [0.1, 0.15) is 43.9 Å². The summed E-state index contributed by atoms with van der Waals surface area (Å²) < 4.78 is 70.5. The minimum Gasteiger partial charge on any atom is -0.382 e. The maximum Gasteiger partial charge on any atom is 0.395 e. The predicted octanol–water partition coefficient (Wildman–Crippen LogP) is 6.73. The molecule has 4 N–H and O–H groups in total. The standard InChI is InChI=1S/C32H30ClF5N8O/c1-30(2,32(36,37)38)16-41-25-17(13-39)14-40-26-22(25)11-18(12-23(26)33)42-27(24-15-46(44-43-24)31(8-9-31)29(34)35)20-5-4-6-21-19(20)7-10-45(3)28(21)47/h4-7,10-12,14-15,27,29,42-44H,8-9,16H2,1-3H3,(H,40,41)/t27-/m0/s1. The topological polar surface area (TPSA) is 110 Å². The number of alkyl halides is 5. The van der Waals surface area contributed by atoms with Gasteiger partial charge in [-0.1, -0.05) is 23.7 Å². The molecular weight excluding hydrogens is 643 g/mol. The Labute approximate surface area is 270 Å². The molecule has 47 heavy (non-hydrogen) atoms. The summed E-state index contributed by atoms with van der Waals surface area (Å²) in [6.45, 7) is 1.57. The highest BCUT2D eigenvalue weighted by molar-refractivity contribution is 6.35. The first-order valence-electron chi connectivity index (χ1n) is 14.7. The molecule has 15 heteroatoms. The number of nitrogens with zero attached hydrogens (tertiary/aromatic N) is 4. The van der Waals surface area contributed by atoms with Crippen LogP contribution in [0.25, 0.3) is 21.7 Å². The summed E-state index contributed by atoms with van der Waals surface area (Å²) in [5.41, 5.74) is 4.01. The summed E-state index contributed by atoms with van der Waals surface area (Å²) in [5, 5.41) is 18.9. The van der Waals surface area contributed by atoms with Crippen molar-refractivity contribution in [2.75, 3.05) is 17.2 Å². The Kier molecular flexibility index (Phi) is 7.96. The van der Waals surface area contributed by atoms with E-state index in [9.17, 15) is 32.0 Å². The second-order valence-corrected chi connectivity index (χ2v) is 12.9. The molecule has 3 heterocycles. The molecule has 1 fully saturated rings. The fraction of sp³-hybridized carbons (Fsp3) is 0.344. The zero-order chi connectivity index (χ0) is 33.9. The fourth-order valence-electron chi connectivity index (χ4n) is 5.58. The molecule has 6 rings (SSSR count). The van der Waals surface area contributed by atoms with Crippen molar-refractivity contribution in [2.45, 2.75) is 50.9 Å². The van der Waals surface area contributed by atoms with Gasteiger partial charge < -0.3 is 20.6 Å². The molecule has 0 spiro atoms. The molecule has 1 aliphatic carbocycles. The van der Waals surface area contributed by atoms with Crippen molar-refractivity contribution < 1.29 is 22.0 Å². The molecule has 246 valence electrons. The number of hydrogen-bond donors (Lipinski definition) is 4. The molecule has 2 aromatic carbocycles. The highest BCUT2D eigenvalue weighted by atomic mass is 35.5. The van der Waals surface area contributed by atoms with E-state index in [-0.39, 0.29) is 27.3 Å². The molecule has 1 aliphatic heterocycles. The number of benzene rings is 2. The van der Waals surface area contributed by atoms with E-state index in [2.05, 4.69) is 26.6 Å². The zero-order valence-electron chi connectivity index (χ0n) is 25.4. The second-order valence-electron chi connectivity index (χ2n) is 12.5. The van der Waals surface area contributed by atoms with Gasteiger partial charge in [-0.15, -0.1) is 5.53 Å². The molecule has 0 radical (unpaired) electrons. The average Bonchev–Trinajstić information content (AvgIpc) is 3.70. The first-order chi connectivity index (χ1) is 22.2. The summed E-state index contributed by atoms with van der Waals surface area (Å²) in [6.07, 6.45) is -2.10. The number of pyridine rings is 2. The summed E-state index contributed by atoms with van der Waals surface area (Å²) in [4.78, 5) is 17.3. The van der Waals surface area contributed by atoms with Crippen molar-refractivity contribution in [1.82, 2.24) is 25.5 Å². The Hall–Kier alpha value is -4.61. The maximum absolute atomic E-state index is 14.0. The normalized spacial score (nSPS) is 16.6. The van der Waals surface area contributed by atoms with Crippen LogP contribution in [0.5, 0.6) is 0 Å². The van der Waals surface area contributed by atoms with E-state index >= 15 is 0 Å². The minimum absolute atomic E-state index is 0.0203. The van der Waals surface area contributed by atoms with Crippen LogP contribution in [-0.2, 0) is 7.05 Å². The molecule has 0 amide bonds. The van der Waals surface area contributed by atoms with Gasteiger partial charge in [0.1, 0.15) is 11.6 Å². The van der Waals surface area contributed by atoms with E-state index in [0.717, 1.165) is 13.8 Å². The SMILES string of the molecule is Cn1ccc2c([C@H](Nc3cc(Cl)c4ncc(C#N)c(NCC(C)(C)C(F)(F)F)c4c3)C3=CN(C4(C(F)F)CC4)NN3)cccc2c1=O. The van der Waals surface area contributed by atoms with Crippen molar-refractivity contribution in [3.8, 4) is 6.07 Å². The number of fused-ring (bicyclic) bond motifs is 2. The molecule has 0 saturated heterocycles. The van der Waals surface area contributed by atoms with Crippen LogP contribution in [0, 0.1) is 16.7 Å². The molecule has 0 unspecified atom stereocenters. The molecule has 1 atom stereocenters. The number of nitrogens with one attached hydrogen (secondary N) is 4. The van der Waals surface area contributed by atoms with Crippen molar-refractivity contribution in [1.29, 1.82) is 5.26 Å². The van der Waals surface area contributed by atoms with Crippen molar-refractivity contribution in [3.63, 3.8) is 0 Å². The number of aryl methyl sites for hydroxylation is 1. The Balaban J connectivity index is 1.47. The molecule has 4 aromatic rings. The largest absolute Gasteiger partial charge is 0.395 e. The van der Waals surface area contributed by atoms with Gasteiger partial charge in [-0.05, 0) is 61.9 Å². The van der Waals surface area contributed by atoms with Crippen LogP contribution in [0.4, 0.5) is 33.3 Å². The smallest absolute Gasteiger partial charge is 0.382 e. The van der Waals surface area contributed by atoms with E-state index in [4.69, 9.17) is 11.6 Å². The molecule has 2 aliphatic rings. The predicted molar refractivity (Wildman–Crippen MR) is 170 cm³/mol. The Bertz CT molecular complexity index is 2020. The van der Waals surface area contributed by atoms with Gasteiger partial charge in [0.2, 0.25) is 0 Å². The minimum atomic E-state index is -4.51. The van der Waals surface area contributed by atoms with Crippen LogP contribution in [0.2, 0.25) is 5.02 Å². The summed E-state index contributed by atoms with van der Waals surface area (Å²) in [6, 6.07) is 11.4. The number of halogens is 6. The number of hydrogen-bond acceptors (Lipinski definition) is 8. The second kappa shape index (κ2) is 11.6. The summed E-state index contributed by atoms with van der Waals surface area (Å²) >= 11 is 6.67. The van der Waals surface area contributed by atoms with Crippen LogP contribution >= 0.6 is 11.6 Å². The van der Waals surface area contributed by atoms with Crippen LogP contribution in [-0.4, -0.2) is 39.2 Å². The van der Waals surface area contributed by atoms with Gasteiger partial charge in [0.25, 0.3) is 12.0 Å². The number of rotatable bonds is 9. The Morgan fingerprint density at radius 2 is 1.89 bits per heavy atom. The number of nitriles is 1. The van der Waals surface area contributed by atoms with E-state index in [0.29, 0.717) is 45.9 Å². The van der Waals surface area contributed by atoms with E-state index < -0.39 is 36.1 Å². The molecule has 1 saturated carbocycles. The third-order valence-electron chi connectivity index (χ3n) is 8.85. The van der Waals surface area contributed by atoms with Gasteiger partial charge in [-0.25, -0.2) is 8.78 Å². The monoisotopic (exact) mass is 672 g/mol. The highest BCUT2D eigenvalue weighted by Gasteiger charge is 2.56. The van der Waals surface area contributed by atoms with E-state index in [1.165, 1.54) is 15.8 Å². The maximum atomic E-state index is 14.0.